The SMILES string of the molecule is CCNC(=O)[C@H](Cc1ccccc1)N(Cc1ccccc1)C(=O)CCCN1C(=O)c2ccccc2C1=O. The maximum Gasteiger partial charge on any atom is 0.261 e. The predicted molar refractivity (Wildman–Crippen MR) is 141 cm³/mol. The van der Waals surface area contributed by atoms with Crippen LogP contribution in [0.1, 0.15) is 51.6 Å². The van der Waals surface area contributed by atoms with Crippen LogP contribution in [0, 0.1) is 0 Å². The zero-order chi connectivity index (χ0) is 26.2. The second-order valence-corrected chi connectivity index (χ2v) is 9.02. The van der Waals surface area contributed by atoms with Crippen molar-refractivity contribution in [2.75, 3.05) is 13.1 Å². The Hall–Kier alpha value is -4.26. The number of imide groups is 1. The first kappa shape index (κ1) is 25.8. The quantitative estimate of drug-likeness (QED) is 0.408. The highest BCUT2D eigenvalue weighted by atomic mass is 16.2. The monoisotopic (exact) mass is 497 g/mol. The van der Waals surface area contributed by atoms with Crippen molar-refractivity contribution in [1.29, 1.82) is 0 Å². The molecule has 0 fully saturated rings. The first-order chi connectivity index (χ1) is 18.0. The Bertz CT molecular complexity index is 1230. The van der Waals surface area contributed by atoms with Crippen molar-refractivity contribution in [3.05, 3.63) is 107 Å². The molecule has 1 aliphatic rings. The number of hydrogen-bond donors (Lipinski definition) is 1. The van der Waals surface area contributed by atoms with Gasteiger partial charge in [0.25, 0.3) is 11.8 Å². The normalized spacial score (nSPS) is 13.3. The van der Waals surface area contributed by atoms with E-state index in [0.29, 0.717) is 30.5 Å². The van der Waals surface area contributed by atoms with Gasteiger partial charge in [0.15, 0.2) is 0 Å². The molecule has 0 radical (unpaired) electrons. The molecule has 190 valence electrons. The summed E-state index contributed by atoms with van der Waals surface area (Å²) in [7, 11) is 0. The predicted octanol–water partition coefficient (Wildman–Crippen LogP) is 3.84. The third-order valence-corrected chi connectivity index (χ3v) is 6.47. The van der Waals surface area contributed by atoms with Gasteiger partial charge in [-0.05, 0) is 36.6 Å². The molecular weight excluding hydrogens is 466 g/mol. The fraction of sp³-hybridized carbons (Fsp3) is 0.267. The molecule has 0 saturated heterocycles. The zero-order valence-corrected chi connectivity index (χ0v) is 20.9. The van der Waals surface area contributed by atoms with E-state index in [4.69, 9.17) is 0 Å². The van der Waals surface area contributed by atoms with Crippen LogP contribution >= 0.6 is 0 Å². The van der Waals surface area contributed by atoms with Crippen LogP contribution in [-0.2, 0) is 22.6 Å². The van der Waals surface area contributed by atoms with Gasteiger partial charge < -0.3 is 10.2 Å². The Morgan fingerprint density at radius 3 is 1.92 bits per heavy atom. The third-order valence-electron chi connectivity index (χ3n) is 6.47. The van der Waals surface area contributed by atoms with Gasteiger partial charge in [-0.25, -0.2) is 0 Å². The number of nitrogens with zero attached hydrogens (tertiary/aromatic N) is 2. The maximum atomic E-state index is 13.6. The molecule has 7 heteroatoms. The summed E-state index contributed by atoms with van der Waals surface area (Å²) in [5, 5.41) is 2.88. The topological polar surface area (TPSA) is 86.8 Å². The van der Waals surface area contributed by atoms with E-state index in [2.05, 4.69) is 5.32 Å². The fourth-order valence-corrected chi connectivity index (χ4v) is 4.60. The van der Waals surface area contributed by atoms with Crippen LogP contribution in [-0.4, -0.2) is 52.6 Å². The van der Waals surface area contributed by atoms with Gasteiger partial charge in [-0.3, -0.25) is 24.1 Å². The van der Waals surface area contributed by atoms with Gasteiger partial charge in [-0.1, -0.05) is 72.8 Å². The minimum absolute atomic E-state index is 0.102. The summed E-state index contributed by atoms with van der Waals surface area (Å²) in [5.41, 5.74) is 2.65. The van der Waals surface area contributed by atoms with Gasteiger partial charge in [0, 0.05) is 32.5 Å². The Morgan fingerprint density at radius 1 is 0.811 bits per heavy atom. The average Bonchev–Trinajstić information content (AvgIpc) is 3.17. The lowest BCUT2D eigenvalue weighted by Crippen LogP contribution is -2.50. The third kappa shape index (κ3) is 6.12. The largest absolute Gasteiger partial charge is 0.355 e. The molecule has 4 rings (SSSR count). The maximum absolute atomic E-state index is 13.6. The van der Waals surface area contributed by atoms with E-state index < -0.39 is 6.04 Å². The van der Waals surface area contributed by atoms with E-state index in [9.17, 15) is 19.2 Å². The first-order valence-corrected chi connectivity index (χ1v) is 12.6. The van der Waals surface area contributed by atoms with Crippen molar-refractivity contribution < 1.29 is 19.2 Å². The highest BCUT2D eigenvalue weighted by Gasteiger charge is 2.35. The van der Waals surface area contributed by atoms with Crippen LogP contribution in [0.4, 0.5) is 0 Å². The molecule has 0 aliphatic carbocycles. The molecule has 1 atom stereocenters. The number of rotatable bonds is 11. The molecule has 1 aliphatic heterocycles. The molecule has 4 amide bonds. The Kier molecular flexibility index (Phi) is 8.46. The zero-order valence-electron chi connectivity index (χ0n) is 20.9. The Labute approximate surface area is 217 Å². The van der Waals surface area contributed by atoms with Crippen LogP contribution in [0.25, 0.3) is 0 Å². The van der Waals surface area contributed by atoms with Crippen LogP contribution in [0.15, 0.2) is 84.9 Å². The van der Waals surface area contributed by atoms with Crippen LogP contribution in [0.2, 0.25) is 0 Å². The molecular formula is C30H31N3O4. The number of carbonyl (C=O) groups excluding carboxylic acids is 4. The van der Waals surface area contributed by atoms with E-state index in [-0.39, 0.29) is 43.1 Å². The minimum atomic E-state index is -0.700. The molecule has 0 saturated carbocycles. The second kappa shape index (κ2) is 12.1. The Balaban J connectivity index is 1.51. The highest BCUT2D eigenvalue weighted by molar-refractivity contribution is 6.21. The summed E-state index contributed by atoms with van der Waals surface area (Å²) in [6, 6.07) is 25.2. The number of amides is 4. The number of fused-ring (bicyclic) bond motifs is 1. The molecule has 0 bridgehead atoms. The number of likely N-dealkylation sites (N-methyl/N-ethyl adjacent to an activating group) is 1. The lowest BCUT2D eigenvalue weighted by Gasteiger charge is -2.31. The van der Waals surface area contributed by atoms with Crippen molar-refractivity contribution in [3.8, 4) is 0 Å². The molecule has 1 N–H and O–H groups in total. The summed E-state index contributed by atoms with van der Waals surface area (Å²) in [6.45, 7) is 2.73. The lowest BCUT2D eigenvalue weighted by molar-refractivity contribution is -0.141. The highest BCUT2D eigenvalue weighted by Crippen LogP contribution is 2.23. The van der Waals surface area contributed by atoms with E-state index in [0.717, 1.165) is 11.1 Å². The lowest BCUT2D eigenvalue weighted by atomic mass is 10.0. The molecule has 3 aromatic rings. The van der Waals surface area contributed by atoms with Crippen molar-refractivity contribution in [1.82, 2.24) is 15.1 Å². The molecule has 7 nitrogen and oxygen atoms in total. The van der Waals surface area contributed by atoms with Crippen LogP contribution in [0.5, 0.6) is 0 Å². The molecule has 1 heterocycles. The van der Waals surface area contributed by atoms with Crippen LogP contribution in [0.3, 0.4) is 0 Å². The van der Waals surface area contributed by atoms with Gasteiger partial charge in [0.1, 0.15) is 6.04 Å². The number of nitrogens with one attached hydrogen (secondary N) is 1. The van der Waals surface area contributed by atoms with Crippen molar-refractivity contribution in [2.24, 2.45) is 0 Å². The summed E-state index contributed by atoms with van der Waals surface area (Å²) >= 11 is 0. The number of benzene rings is 3. The van der Waals surface area contributed by atoms with Crippen molar-refractivity contribution in [2.45, 2.75) is 38.8 Å². The van der Waals surface area contributed by atoms with E-state index in [1.165, 1.54) is 4.90 Å². The first-order valence-electron chi connectivity index (χ1n) is 12.6. The van der Waals surface area contributed by atoms with Gasteiger partial charge in [0.2, 0.25) is 11.8 Å². The molecule has 3 aromatic carbocycles. The fourth-order valence-electron chi connectivity index (χ4n) is 4.60. The van der Waals surface area contributed by atoms with E-state index in [1.54, 1.807) is 29.2 Å². The van der Waals surface area contributed by atoms with Gasteiger partial charge in [-0.2, -0.15) is 0 Å². The molecule has 37 heavy (non-hydrogen) atoms. The number of hydrogen-bond acceptors (Lipinski definition) is 4. The average molecular weight is 498 g/mol. The Morgan fingerprint density at radius 2 is 1.35 bits per heavy atom. The summed E-state index contributed by atoms with van der Waals surface area (Å²) in [5.74, 6) is -1.08. The smallest absolute Gasteiger partial charge is 0.261 e. The molecule has 0 aromatic heterocycles. The summed E-state index contributed by atoms with van der Waals surface area (Å²) in [4.78, 5) is 55.0. The van der Waals surface area contributed by atoms with Gasteiger partial charge >= 0.3 is 0 Å². The second-order valence-electron chi connectivity index (χ2n) is 9.02. The summed E-state index contributed by atoms with van der Waals surface area (Å²) in [6.07, 6.45) is 0.789. The van der Waals surface area contributed by atoms with Crippen molar-refractivity contribution in [3.63, 3.8) is 0 Å². The van der Waals surface area contributed by atoms with Gasteiger partial charge in [0.05, 0.1) is 11.1 Å². The summed E-state index contributed by atoms with van der Waals surface area (Å²) < 4.78 is 0. The molecule has 0 unspecified atom stereocenters. The van der Waals surface area contributed by atoms with E-state index in [1.807, 2.05) is 67.6 Å². The van der Waals surface area contributed by atoms with Crippen molar-refractivity contribution >= 4 is 23.6 Å². The van der Waals surface area contributed by atoms with Gasteiger partial charge in [-0.15, -0.1) is 0 Å². The standard InChI is InChI=1S/C30H31N3O4/c1-2-31-28(35)26(20-22-12-5-3-6-13-22)33(21-23-14-7-4-8-15-23)27(34)18-11-19-32-29(36)24-16-9-10-17-25(24)30(32)37/h3-10,12-17,26H,2,11,18-21H2,1H3,(H,31,35)/t26-/m0/s1. The van der Waals surface area contributed by atoms with Crippen LogP contribution < -0.4 is 5.32 Å². The number of carbonyl (C=O) groups is 4. The minimum Gasteiger partial charge on any atom is -0.355 e. The van der Waals surface area contributed by atoms with E-state index >= 15 is 0 Å². The molecule has 0 spiro atoms.